The number of nitrogens with zero attached hydrogens (tertiary/aromatic N) is 6. The summed E-state index contributed by atoms with van der Waals surface area (Å²) in [6.07, 6.45) is -0.370. The summed E-state index contributed by atoms with van der Waals surface area (Å²) in [5.41, 5.74) is 2.48. The number of sulfonamides is 1. The molecule has 0 bridgehead atoms. The van der Waals surface area contributed by atoms with Gasteiger partial charge in [-0.25, -0.2) is 8.42 Å². The molecule has 6 rings (SSSR count). The lowest BCUT2D eigenvalue weighted by Crippen LogP contribution is -2.49. The van der Waals surface area contributed by atoms with E-state index in [1.165, 1.54) is 34.6 Å². The second-order valence-electron chi connectivity index (χ2n) is 13.2. The monoisotopic (exact) mass is 722 g/mol. The number of alkyl halides is 3. The van der Waals surface area contributed by atoms with Crippen molar-refractivity contribution in [1.82, 2.24) is 23.9 Å². The number of likely N-dealkylation sites (tertiary alicyclic amines) is 1. The third-order valence-corrected chi connectivity index (χ3v) is 12.0. The van der Waals surface area contributed by atoms with Crippen molar-refractivity contribution in [2.24, 2.45) is 0 Å². The second kappa shape index (κ2) is 15.2. The number of anilines is 1. The highest BCUT2D eigenvalue weighted by Gasteiger charge is 2.35. The number of rotatable bonds is 11. The maximum absolute atomic E-state index is 14.1. The van der Waals surface area contributed by atoms with Crippen molar-refractivity contribution in [2.45, 2.75) is 55.9 Å². The summed E-state index contributed by atoms with van der Waals surface area (Å²) in [5, 5.41) is 26.3. The van der Waals surface area contributed by atoms with E-state index >= 15 is 0 Å². The van der Waals surface area contributed by atoms with Gasteiger partial charge in [0.2, 0.25) is 10.0 Å². The quantitative estimate of drug-likeness (QED) is 0.280. The molecule has 0 saturated carbocycles. The Morgan fingerprint density at radius 2 is 1.67 bits per heavy atom. The minimum Gasteiger partial charge on any atom is -0.506 e. The molecule has 0 aliphatic carbocycles. The van der Waals surface area contributed by atoms with Gasteiger partial charge in [0.25, 0.3) is 0 Å². The topological polar surface area (TPSA) is 105 Å². The van der Waals surface area contributed by atoms with Crippen LogP contribution >= 0.6 is 11.8 Å². The van der Waals surface area contributed by atoms with Gasteiger partial charge in [0, 0.05) is 86.2 Å². The van der Waals surface area contributed by atoms with E-state index < -0.39 is 27.9 Å². The summed E-state index contributed by atoms with van der Waals surface area (Å²) in [6.45, 7) is 6.30. The molecular formula is C34H45F3N6O4S2. The van der Waals surface area contributed by atoms with Crippen LogP contribution in [0.1, 0.15) is 36.1 Å². The zero-order valence-corrected chi connectivity index (χ0v) is 29.4. The summed E-state index contributed by atoms with van der Waals surface area (Å²) >= 11 is 1.19. The molecule has 0 radical (unpaired) electrons. The van der Waals surface area contributed by atoms with Crippen LogP contribution in [-0.4, -0.2) is 120 Å². The SMILES string of the molecule is CS(=O)(=O)N1CCc2c(c(-c3ccc(C(F)(F)F)c(SCCN4CCCCC4)c3)nn2CC(O)CN2CCN(c3ccccc3O)CC2)C1. The molecule has 15 heteroatoms. The highest BCUT2D eigenvalue weighted by Crippen LogP contribution is 2.40. The van der Waals surface area contributed by atoms with Gasteiger partial charge in [-0.3, -0.25) is 9.58 Å². The smallest absolute Gasteiger partial charge is 0.417 e. The highest BCUT2D eigenvalue weighted by atomic mass is 32.2. The Bertz CT molecular complexity index is 1710. The number of fused-ring (bicyclic) bond motifs is 1. The van der Waals surface area contributed by atoms with Crippen LogP contribution in [-0.2, 0) is 35.7 Å². The minimum absolute atomic E-state index is 0.0618. The van der Waals surface area contributed by atoms with E-state index in [1.807, 2.05) is 12.1 Å². The molecular weight excluding hydrogens is 678 g/mol. The largest absolute Gasteiger partial charge is 0.506 e. The average molecular weight is 723 g/mol. The van der Waals surface area contributed by atoms with Gasteiger partial charge in [-0.05, 0) is 50.2 Å². The summed E-state index contributed by atoms with van der Waals surface area (Å²) in [7, 11) is -3.52. The molecule has 2 saturated heterocycles. The number of β-amino-alcohol motifs (C(OH)–C–C–N with tert-alkyl or cyclic N) is 1. The summed E-state index contributed by atoms with van der Waals surface area (Å²) in [6, 6.07) is 11.3. The average Bonchev–Trinajstić information content (AvgIpc) is 3.42. The zero-order valence-electron chi connectivity index (χ0n) is 27.8. The lowest BCUT2D eigenvalue weighted by Gasteiger charge is -2.37. The third kappa shape index (κ3) is 8.74. The first-order valence-corrected chi connectivity index (χ1v) is 19.7. The van der Waals surface area contributed by atoms with Gasteiger partial charge in [-0.1, -0.05) is 24.6 Å². The fraction of sp³-hybridized carbons (Fsp3) is 0.559. The van der Waals surface area contributed by atoms with Gasteiger partial charge < -0.3 is 20.0 Å². The fourth-order valence-corrected chi connectivity index (χ4v) is 8.99. The van der Waals surface area contributed by atoms with E-state index in [1.54, 1.807) is 16.8 Å². The number of piperidine rings is 1. The number of benzene rings is 2. The molecule has 10 nitrogen and oxygen atoms in total. The third-order valence-electron chi connectivity index (χ3n) is 9.69. The van der Waals surface area contributed by atoms with E-state index in [2.05, 4.69) is 14.7 Å². The molecule has 268 valence electrons. The summed E-state index contributed by atoms with van der Waals surface area (Å²) in [4.78, 5) is 6.70. The number of aliphatic hydroxyl groups excluding tert-OH is 1. The number of piperazine rings is 1. The molecule has 3 aromatic rings. The van der Waals surface area contributed by atoms with Crippen LogP contribution in [0.2, 0.25) is 0 Å². The number of aromatic hydroxyl groups is 1. The molecule has 3 aliphatic heterocycles. The molecule has 2 aromatic carbocycles. The molecule has 0 amide bonds. The molecule has 3 aliphatic rings. The number of para-hydroxylation sites is 2. The van der Waals surface area contributed by atoms with Crippen molar-refractivity contribution >= 4 is 27.5 Å². The van der Waals surface area contributed by atoms with Gasteiger partial charge in [0.1, 0.15) is 5.75 Å². The highest BCUT2D eigenvalue weighted by molar-refractivity contribution is 7.99. The van der Waals surface area contributed by atoms with Crippen molar-refractivity contribution in [3.63, 3.8) is 0 Å². The molecule has 4 heterocycles. The second-order valence-corrected chi connectivity index (χ2v) is 16.3. The predicted octanol–water partition coefficient (Wildman–Crippen LogP) is 4.35. The van der Waals surface area contributed by atoms with E-state index in [-0.39, 0.29) is 30.3 Å². The Hall–Kier alpha value is -2.82. The predicted molar refractivity (Wildman–Crippen MR) is 185 cm³/mol. The van der Waals surface area contributed by atoms with Gasteiger partial charge in [-0.15, -0.1) is 11.8 Å². The molecule has 1 atom stereocenters. The molecule has 49 heavy (non-hydrogen) atoms. The Morgan fingerprint density at radius 3 is 2.37 bits per heavy atom. The Labute approximate surface area is 290 Å². The first-order chi connectivity index (χ1) is 23.4. The van der Waals surface area contributed by atoms with E-state index in [9.17, 15) is 31.8 Å². The van der Waals surface area contributed by atoms with Crippen LogP contribution in [0.5, 0.6) is 5.75 Å². The zero-order chi connectivity index (χ0) is 34.8. The number of phenols is 1. The molecule has 2 N–H and O–H groups in total. The minimum atomic E-state index is -4.52. The van der Waals surface area contributed by atoms with Crippen molar-refractivity contribution in [2.75, 3.05) is 75.8 Å². The number of hydrogen-bond donors (Lipinski definition) is 2. The van der Waals surface area contributed by atoms with Gasteiger partial charge in [-0.2, -0.15) is 22.6 Å². The number of phenolic OH excluding ortho intramolecular Hbond substituents is 1. The van der Waals surface area contributed by atoms with Crippen molar-refractivity contribution in [3.05, 3.63) is 59.3 Å². The number of halogens is 3. The number of hydrogen-bond acceptors (Lipinski definition) is 9. The first kappa shape index (κ1) is 36.0. The maximum Gasteiger partial charge on any atom is 0.417 e. The Kier molecular flexibility index (Phi) is 11.2. The van der Waals surface area contributed by atoms with Crippen LogP contribution < -0.4 is 4.90 Å². The van der Waals surface area contributed by atoms with Crippen LogP contribution in [0.3, 0.4) is 0 Å². The summed E-state index contributed by atoms with van der Waals surface area (Å²) < 4.78 is 70.5. The lowest BCUT2D eigenvalue weighted by atomic mass is 10.0. The van der Waals surface area contributed by atoms with Crippen LogP contribution in [0, 0.1) is 0 Å². The summed E-state index contributed by atoms with van der Waals surface area (Å²) in [5.74, 6) is 0.759. The molecule has 1 unspecified atom stereocenters. The number of aliphatic hydroxyl groups is 1. The van der Waals surface area contributed by atoms with Crippen molar-refractivity contribution < 1.29 is 31.8 Å². The van der Waals surface area contributed by atoms with Crippen LogP contribution in [0.25, 0.3) is 11.3 Å². The molecule has 2 fully saturated rings. The molecule has 1 aromatic heterocycles. The number of thioether (sulfide) groups is 1. The fourth-order valence-electron chi connectivity index (χ4n) is 7.08. The van der Waals surface area contributed by atoms with E-state index in [0.29, 0.717) is 68.3 Å². The number of aromatic nitrogens is 2. The Balaban J connectivity index is 1.21. The van der Waals surface area contributed by atoms with Gasteiger partial charge >= 0.3 is 6.18 Å². The van der Waals surface area contributed by atoms with Crippen LogP contribution in [0.4, 0.5) is 18.9 Å². The Morgan fingerprint density at radius 1 is 0.939 bits per heavy atom. The van der Waals surface area contributed by atoms with Crippen molar-refractivity contribution in [3.8, 4) is 17.0 Å². The molecule has 0 spiro atoms. The normalized spacial score (nSPS) is 19.2. The van der Waals surface area contributed by atoms with Gasteiger partial charge in [0.05, 0.1) is 35.8 Å². The standard InChI is InChI=1S/C34H45F3N6O4S2/c1-49(46,47)42-14-11-29-27(24-42)33(25-9-10-28(34(35,36)37)32(21-25)48-20-19-39-12-5-2-6-13-39)38-43(29)23-26(44)22-40-15-17-41(18-16-40)30-7-3-4-8-31(30)45/h3-4,7-10,21,26,44-45H,2,5-6,11-20,22-24H2,1H3. The van der Waals surface area contributed by atoms with Crippen molar-refractivity contribution in [1.29, 1.82) is 0 Å². The van der Waals surface area contributed by atoms with Gasteiger partial charge in [0.15, 0.2) is 0 Å². The van der Waals surface area contributed by atoms with E-state index in [4.69, 9.17) is 5.10 Å². The first-order valence-electron chi connectivity index (χ1n) is 16.9. The van der Waals surface area contributed by atoms with Crippen LogP contribution in [0.15, 0.2) is 47.4 Å². The lowest BCUT2D eigenvalue weighted by molar-refractivity contribution is -0.139. The van der Waals surface area contributed by atoms with E-state index in [0.717, 1.165) is 49.6 Å². The maximum atomic E-state index is 14.1.